The molecule has 3 nitrogen and oxygen atoms in total. The van der Waals surface area contributed by atoms with Gasteiger partial charge >= 0.3 is 0 Å². The van der Waals surface area contributed by atoms with Crippen molar-refractivity contribution >= 4 is 11.8 Å². The van der Waals surface area contributed by atoms with Crippen LogP contribution in [0, 0.1) is 26.2 Å². The van der Waals surface area contributed by atoms with Crippen molar-refractivity contribution in [3.05, 3.63) is 17.0 Å². The minimum absolute atomic E-state index is 0.496. The van der Waals surface area contributed by atoms with Crippen LogP contribution in [-0.2, 0) is 0 Å². The third kappa shape index (κ3) is 2.99. The van der Waals surface area contributed by atoms with Gasteiger partial charge in [-0.15, -0.1) is 0 Å². The van der Waals surface area contributed by atoms with Crippen LogP contribution < -0.4 is 5.73 Å². The molecule has 0 radical (unpaired) electrons. The highest BCUT2D eigenvalue weighted by atomic mass is 32.2. The Hall–Kier alpha value is -0.610. The minimum Gasteiger partial charge on any atom is -0.330 e. The molecule has 0 spiro atoms. The second-order valence-corrected chi connectivity index (χ2v) is 6.07. The van der Waals surface area contributed by atoms with Crippen LogP contribution >= 0.6 is 11.8 Å². The molecule has 1 aliphatic carbocycles. The van der Waals surface area contributed by atoms with Crippen LogP contribution in [0.3, 0.4) is 0 Å². The molecule has 2 N–H and O–H groups in total. The summed E-state index contributed by atoms with van der Waals surface area (Å²) >= 11 is 1.79. The van der Waals surface area contributed by atoms with Crippen molar-refractivity contribution in [3.8, 4) is 0 Å². The van der Waals surface area contributed by atoms with Gasteiger partial charge in [0.2, 0.25) is 0 Å². The highest BCUT2D eigenvalue weighted by Gasteiger charge is 2.41. The van der Waals surface area contributed by atoms with Gasteiger partial charge in [-0.05, 0) is 57.6 Å². The number of aromatic nitrogens is 2. The topological polar surface area (TPSA) is 51.8 Å². The Morgan fingerprint density at radius 2 is 1.76 bits per heavy atom. The summed E-state index contributed by atoms with van der Waals surface area (Å²) in [5.74, 6) is 1.12. The molecule has 1 aromatic rings. The van der Waals surface area contributed by atoms with Crippen LogP contribution in [0.15, 0.2) is 5.16 Å². The smallest absolute Gasteiger partial charge is 0.188 e. The molecule has 0 bridgehead atoms. The first-order valence-corrected chi connectivity index (χ1v) is 7.20. The number of hydrogen-bond acceptors (Lipinski definition) is 4. The van der Waals surface area contributed by atoms with Gasteiger partial charge in [-0.2, -0.15) is 0 Å². The average molecular weight is 251 g/mol. The lowest BCUT2D eigenvalue weighted by Crippen LogP contribution is -2.12. The number of rotatable bonds is 5. The summed E-state index contributed by atoms with van der Waals surface area (Å²) in [6.45, 7) is 6.99. The molecule has 1 saturated carbocycles. The highest BCUT2D eigenvalue weighted by molar-refractivity contribution is 7.99. The normalized spacial score (nSPS) is 17.2. The molecule has 1 aromatic heterocycles. The van der Waals surface area contributed by atoms with Crippen molar-refractivity contribution in [3.63, 3.8) is 0 Å². The molecule has 0 aromatic carbocycles. The van der Waals surface area contributed by atoms with Gasteiger partial charge in [-0.25, -0.2) is 9.97 Å². The van der Waals surface area contributed by atoms with E-state index < -0.39 is 0 Å². The van der Waals surface area contributed by atoms with E-state index >= 15 is 0 Å². The molecular weight excluding hydrogens is 230 g/mol. The molecule has 1 heterocycles. The van der Waals surface area contributed by atoms with E-state index in [9.17, 15) is 0 Å². The number of nitrogens with zero attached hydrogens (tertiary/aromatic N) is 2. The zero-order valence-corrected chi connectivity index (χ0v) is 11.7. The standard InChI is InChI=1S/C13H21N3S/c1-9-10(2)15-12(16-11(9)3)17-8-13(4-5-13)6-7-14/h4-8,14H2,1-3H3. The minimum atomic E-state index is 0.496. The molecule has 0 amide bonds. The van der Waals surface area contributed by atoms with Crippen LogP contribution in [0.25, 0.3) is 0 Å². The molecule has 0 atom stereocenters. The summed E-state index contributed by atoms with van der Waals surface area (Å²) in [4.78, 5) is 9.09. The van der Waals surface area contributed by atoms with Crippen molar-refractivity contribution < 1.29 is 0 Å². The summed E-state index contributed by atoms with van der Waals surface area (Å²) < 4.78 is 0. The van der Waals surface area contributed by atoms with E-state index in [2.05, 4.69) is 30.7 Å². The number of aryl methyl sites for hydroxylation is 2. The quantitative estimate of drug-likeness (QED) is 0.645. The summed E-state index contributed by atoms with van der Waals surface area (Å²) in [5, 5.41) is 0.925. The third-order valence-corrected chi connectivity index (χ3v) is 4.95. The fraction of sp³-hybridized carbons (Fsp3) is 0.692. The van der Waals surface area contributed by atoms with Gasteiger partial charge < -0.3 is 5.73 Å². The van der Waals surface area contributed by atoms with Gasteiger partial charge in [0.15, 0.2) is 5.16 Å². The molecule has 94 valence electrons. The second kappa shape index (κ2) is 4.94. The zero-order chi connectivity index (χ0) is 12.5. The molecule has 1 fully saturated rings. The monoisotopic (exact) mass is 251 g/mol. The molecule has 0 aliphatic heterocycles. The molecular formula is C13H21N3S. The number of thioether (sulfide) groups is 1. The highest BCUT2D eigenvalue weighted by Crippen LogP contribution is 2.51. The summed E-state index contributed by atoms with van der Waals surface area (Å²) in [6.07, 6.45) is 3.78. The fourth-order valence-electron chi connectivity index (χ4n) is 1.97. The predicted molar refractivity (Wildman–Crippen MR) is 72.3 cm³/mol. The largest absolute Gasteiger partial charge is 0.330 e. The van der Waals surface area contributed by atoms with Crippen molar-refractivity contribution in [2.75, 3.05) is 12.3 Å². The molecule has 1 aliphatic rings. The second-order valence-electron chi connectivity index (χ2n) is 5.13. The SMILES string of the molecule is Cc1nc(SCC2(CCN)CC2)nc(C)c1C. The van der Waals surface area contributed by atoms with Crippen molar-refractivity contribution in [1.82, 2.24) is 9.97 Å². The lowest BCUT2D eigenvalue weighted by Gasteiger charge is -2.13. The lowest BCUT2D eigenvalue weighted by molar-refractivity contribution is 0.537. The van der Waals surface area contributed by atoms with E-state index in [1.807, 2.05) is 0 Å². The van der Waals surface area contributed by atoms with E-state index in [1.54, 1.807) is 11.8 Å². The van der Waals surface area contributed by atoms with Crippen LogP contribution in [0.2, 0.25) is 0 Å². The van der Waals surface area contributed by atoms with E-state index in [4.69, 9.17) is 5.73 Å². The van der Waals surface area contributed by atoms with Crippen molar-refractivity contribution in [2.45, 2.75) is 45.2 Å². The van der Waals surface area contributed by atoms with E-state index in [0.717, 1.165) is 35.3 Å². The molecule has 0 saturated heterocycles. The predicted octanol–water partition coefficient (Wildman–Crippen LogP) is 2.62. The molecule has 17 heavy (non-hydrogen) atoms. The van der Waals surface area contributed by atoms with Gasteiger partial charge in [0.25, 0.3) is 0 Å². The Kier molecular flexibility index (Phi) is 3.73. The first-order chi connectivity index (χ1) is 8.06. The van der Waals surface area contributed by atoms with Gasteiger partial charge in [0, 0.05) is 17.1 Å². The first kappa shape index (κ1) is 12.8. The lowest BCUT2D eigenvalue weighted by atomic mass is 10.1. The Bertz CT molecular complexity index is 390. The van der Waals surface area contributed by atoms with Crippen LogP contribution in [-0.4, -0.2) is 22.3 Å². The average Bonchev–Trinajstić information content (AvgIpc) is 3.04. The number of hydrogen-bond donors (Lipinski definition) is 1. The van der Waals surface area contributed by atoms with Gasteiger partial charge in [-0.1, -0.05) is 11.8 Å². The maximum absolute atomic E-state index is 5.65. The van der Waals surface area contributed by atoms with E-state index in [-0.39, 0.29) is 0 Å². The summed E-state index contributed by atoms with van der Waals surface area (Å²) in [7, 11) is 0. The zero-order valence-electron chi connectivity index (χ0n) is 10.9. The molecule has 2 rings (SSSR count). The summed E-state index contributed by atoms with van der Waals surface area (Å²) in [5.41, 5.74) is 9.55. The maximum atomic E-state index is 5.65. The summed E-state index contributed by atoms with van der Waals surface area (Å²) in [6, 6.07) is 0. The van der Waals surface area contributed by atoms with Gasteiger partial charge in [-0.3, -0.25) is 0 Å². The van der Waals surface area contributed by atoms with Crippen molar-refractivity contribution in [2.24, 2.45) is 11.1 Å². The Labute approximate surface area is 108 Å². The fourth-order valence-corrected chi connectivity index (χ4v) is 3.24. The molecule has 4 heteroatoms. The van der Waals surface area contributed by atoms with Gasteiger partial charge in [0.05, 0.1) is 0 Å². The van der Waals surface area contributed by atoms with Crippen LogP contribution in [0.1, 0.15) is 36.2 Å². The Morgan fingerprint density at radius 1 is 1.18 bits per heavy atom. The van der Waals surface area contributed by atoms with Crippen LogP contribution in [0.5, 0.6) is 0 Å². The Morgan fingerprint density at radius 3 is 2.24 bits per heavy atom. The number of nitrogens with two attached hydrogens (primary N) is 1. The molecule has 0 unspecified atom stereocenters. The van der Waals surface area contributed by atoms with E-state index in [0.29, 0.717) is 5.41 Å². The Balaban J connectivity index is 2.00. The van der Waals surface area contributed by atoms with Gasteiger partial charge in [0.1, 0.15) is 0 Å². The first-order valence-electron chi connectivity index (χ1n) is 6.21. The van der Waals surface area contributed by atoms with Crippen molar-refractivity contribution in [1.29, 1.82) is 0 Å². The maximum Gasteiger partial charge on any atom is 0.188 e. The van der Waals surface area contributed by atoms with E-state index in [1.165, 1.54) is 18.4 Å². The van der Waals surface area contributed by atoms with Crippen LogP contribution in [0.4, 0.5) is 0 Å². The third-order valence-electron chi connectivity index (χ3n) is 3.75.